The molecule has 7 N–H and O–H groups in total. The second-order valence-electron chi connectivity index (χ2n) is 6.88. The van der Waals surface area contributed by atoms with Crippen LogP contribution in [-0.4, -0.2) is 58.5 Å². The maximum absolute atomic E-state index is 12.6. The number of guanidine groups is 1. The van der Waals surface area contributed by atoms with Gasteiger partial charge in [-0.1, -0.05) is 37.5 Å². The maximum Gasteiger partial charge on any atom is 0.475 e. The summed E-state index contributed by atoms with van der Waals surface area (Å²) in [6.07, 6.45) is 6.91. The molecule has 168 valence electrons. The summed E-state index contributed by atoms with van der Waals surface area (Å²) in [6.45, 7) is 5.61. The molecule has 0 aromatic rings. The summed E-state index contributed by atoms with van der Waals surface area (Å²) < 4.78 is 0. The average Bonchev–Trinajstić information content (AvgIpc) is 2.62. The highest BCUT2D eigenvalue weighted by molar-refractivity contribution is 6.43. The van der Waals surface area contributed by atoms with Crippen molar-refractivity contribution in [3.8, 4) is 0 Å². The number of carbonyl (C=O) groups excluding carboxylic acids is 2. The van der Waals surface area contributed by atoms with Crippen LogP contribution in [0.1, 0.15) is 40.0 Å². The maximum atomic E-state index is 12.6. The molecule has 0 fully saturated rings. The number of allylic oxidation sites excluding steroid dienone is 3. The summed E-state index contributed by atoms with van der Waals surface area (Å²) in [7, 11) is -1.75. The van der Waals surface area contributed by atoms with E-state index in [4.69, 9.17) is 5.73 Å². The Labute approximate surface area is 176 Å². The summed E-state index contributed by atoms with van der Waals surface area (Å²) in [5, 5.41) is 33.5. The summed E-state index contributed by atoms with van der Waals surface area (Å²) in [5.74, 6) is -2.26. The van der Waals surface area contributed by atoms with Gasteiger partial charge in [0.1, 0.15) is 6.04 Å². The van der Waals surface area contributed by atoms with Gasteiger partial charge in [-0.05, 0) is 32.1 Å². The standard InChI is InChI=1S/C17H31BN6O6/c1-4-5-6-9-15(25)21-13(8-7-10-20-17(19)23-24(29)30)16(26)22-14(18(27)28)11-12(2)3/h4-6,9,12-14,27-28H,7-8,10-11H2,1-3H3,(H,21,25)(H,22,26)(H3,19,20,23)/b5-4+,9-6+/t13-,14-/m0/s1. The van der Waals surface area contributed by atoms with Crippen molar-refractivity contribution in [2.75, 3.05) is 6.54 Å². The number of nitro groups is 1. The fourth-order valence-electron chi connectivity index (χ4n) is 2.41. The molecule has 13 heteroatoms. The third-order valence-corrected chi connectivity index (χ3v) is 3.74. The number of hydrazine groups is 1. The highest BCUT2D eigenvalue weighted by Gasteiger charge is 2.29. The number of hydrogen-bond donors (Lipinski definition) is 6. The summed E-state index contributed by atoms with van der Waals surface area (Å²) in [4.78, 5) is 38.7. The van der Waals surface area contributed by atoms with Crippen molar-refractivity contribution >= 4 is 24.9 Å². The van der Waals surface area contributed by atoms with E-state index in [9.17, 15) is 29.8 Å². The molecule has 0 spiro atoms. The van der Waals surface area contributed by atoms with E-state index in [-0.39, 0.29) is 31.3 Å². The van der Waals surface area contributed by atoms with E-state index in [0.717, 1.165) is 0 Å². The number of amides is 2. The first-order valence-corrected chi connectivity index (χ1v) is 9.54. The van der Waals surface area contributed by atoms with Crippen molar-refractivity contribution in [3.05, 3.63) is 34.4 Å². The Kier molecular flexibility index (Phi) is 13.5. The van der Waals surface area contributed by atoms with Crippen molar-refractivity contribution < 1.29 is 24.7 Å². The Morgan fingerprint density at radius 2 is 1.93 bits per heavy atom. The number of nitrogens with two attached hydrogens (primary N) is 1. The number of aliphatic imine (C=N–C) groups is 1. The minimum absolute atomic E-state index is 0.0821. The molecule has 0 aromatic carbocycles. The molecular weight excluding hydrogens is 395 g/mol. The number of hydrogen-bond acceptors (Lipinski definition) is 7. The lowest BCUT2D eigenvalue weighted by atomic mass is 9.75. The zero-order chi connectivity index (χ0) is 23.1. The van der Waals surface area contributed by atoms with Crippen LogP contribution in [0.4, 0.5) is 0 Å². The Morgan fingerprint density at radius 1 is 1.27 bits per heavy atom. The van der Waals surface area contributed by atoms with E-state index < -0.39 is 35.9 Å². The van der Waals surface area contributed by atoms with Crippen LogP contribution in [0.25, 0.3) is 0 Å². The topological polar surface area (TPSA) is 192 Å². The Hall–Kier alpha value is -2.93. The van der Waals surface area contributed by atoms with Crippen LogP contribution in [0.15, 0.2) is 29.3 Å². The van der Waals surface area contributed by atoms with Gasteiger partial charge < -0.3 is 26.4 Å². The SMILES string of the molecule is C/C=C/C=C/C(=O)N[C@@H](CCCN=C(N)N[N+](=O)[O-])C(=O)N[C@@H](CC(C)C)B(O)O. The smallest absolute Gasteiger partial charge is 0.426 e. The average molecular weight is 426 g/mol. The Bertz CT molecular complexity index is 653. The zero-order valence-corrected chi connectivity index (χ0v) is 17.4. The number of nitrogens with one attached hydrogen (secondary N) is 3. The molecule has 0 unspecified atom stereocenters. The van der Waals surface area contributed by atoms with E-state index in [1.165, 1.54) is 12.2 Å². The molecule has 0 radical (unpaired) electrons. The van der Waals surface area contributed by atoms with Crippen LogP contribution >= 0.6 is 0 Å². The van der Waals surface area contributed by atoms with E-state index in [0.29, 0.717) is 6.42 Å². The molecule has 2 atom stereocenters. The van der Waals surface area contributed by atoms with Gasteiger partial charge >= 0.3 is 7.12 Å². The van der Waals surface area contributed by atoms with Gasteiger partial charge in [0.25, 0.3) is 5.96 Å². The second kappa shape index (κ2) is 15.0. The summed E-state index contributed by atoms with van der Waals surface area (Å²) in [5.41, 5.74) is 7.02. The highest BCUT2D eigenvalue weighted by Crippen LogP contribution is 2.07. The first-order valence-electron chi connectivity index (χ1n) is 9.54. The third kappa shape index (κ3) is 13.3. The van der Waals surface area contributed by atoms with Gasteiger partial charge in [0.2, 0.25) is 11.8 Å². The molecule has 0 aromatic heterocycles. The van der Waals surface area contributed by atoms with Crippen molar-refractivity contribution in [2.45, 2.75) is 52.0 Å². The van der Waals surface area contributed by atoms with Crippen molar-refractivity contribution in [3.63, 3.8) is 0 Å². The van der Waals surface area contributed by atoms with Gasteiger partial charge in [0.05, 0.1) is 5.94 Å². The molecule has 12 nitrogen and oxygen atoms in total. The lowest BCUT2D eigenvalue weighted by Gasteiger charge is -2.23. The molecule has 0 aliphatic rings. The van der Waals surface area contributed by atoms with Gasteiger partial charge in [-0.2, -0.15) is 0 Å². The summed E-state index contributed by atoms with van der Waals surface area (Å²) >= 11 is 0. The first kappa shape index (κ1) is 27.1. The quantitative estimate of drug-likeness (QED) is 0.0316. The number of carbonyl (C=O) groups is 2. The van der Waals surface area contributed by atoms with Crippen LogP contribution < -0.4 is 21.8 Å². The third-order valence-electron chi connectivity index (χ3n) is 3.74. The van der Waals surface area contributed by atoms with Crippen LogP contribution in [0.3, 0.4) is 0 Å². The summed E-state index contributed by atoms with van der Waals surface area (Å²) in [6, 6.07) is -0.971. The van der Waals surface area contributed by atoms with E-state index in [2.05, 4.69) is 15.6 Å². The molecule has 0 saturated carbocycles. The lowest BCUT2D eigenvalue weighted by molar-refractivity contribution is -0.525. The zero-order valence-electron chi connectivity index (χ0n) is 17.4. The van der Waals surface area contributed by atoms with Gasteiger partial charge in [-0.15, -0.1) is 0 Å². The fraction of sp³-hybridized carbons (Fsp3) is 0.588. The van der Waals surface area contributed by atoms with Crippen LogP contribution in [0, 0.1) is 16.0 Å². The van der Waals surface area contributed by atoms with Crippen LogP contribution in [0.2, 0.25) is 0 Å². The fourth-order valence-corrected chi connectivity index (χ4v) is 2.41. The number of rotatable bonds is 13. The van der Waals surface area contributed by atoms with Crippen LogP contribution in [0.5, 0.6) is 0 Å². The lowest BCUT2D eigenvalue weighted by Crippen LogP contribution is -2.54. The van der Waals surface area contributed by atoms with E-state index in [1.54, 1.807) is 24.5 Å². The molecule has 0 rings (SSSR count). The van der Waals surface area contributed by atoms with E-state index >= 15 is 0 Å². The predicted molar refractivity (Wildman–Crippen MR) is 113 cm³/mol. The monoisotopic (exact) mass is 426 g/mol. The van der Waals surface area contributed by atoms with Gasteiger partial charge in [-0.3, -0.25) is 9.59 Å². The molecule has 0 aliphatic heterocycles. The Morgan fingerprint density at radius 3 is 2.47 bits per heavy atom. The molecular formula is C17H31BN6O6. The molecule has 0 aliphatic carbocycles. The first-order chi connectivity index (χ1) is 14.1. The second-order valence-corrected chi connectivity index (χ2v) is 6.88. The molecule has 0 bridgehead atoms. The van der Waals surface area contributed by atoms with Gasteiger partial charge in [-0.25, -0.2) is 15.1 Å². The predicted octanol–water partition coefficient (Wildman–Crippen LogP) is -0.977. The highest BCUT2D eigenvalue weighted by atomic mass is 16.7. The van der Waals surface area contributed by atoms with E-state index in [1.807, 2.05) is 13.8 Å². The van der Waals surface area contributed by atoms with Gasteiger partial charge in [0, 0.05) is 12.6 Å². The largest absolute Gasteiger partial charge is 0.475 e. The van der Waals surface area contributed by atoms with Crippen molar-refractivity contribution in [1.29, 1.82) is 0 Å². The molecule has 30 heavy (non-hydrogen) atoms. The number of nitrogens with zero attached hydrogens (tertiary/aromatic N) is 2. The van der Waals surface area contributed by atoms with Crippen molar-refractivity contribution in [1.82, 2.24) is 16.1 Å². The molecule has 0 saturated heterocycles. The van der Waals surface area contributed by atoms with Crippen molar-refractivity contribution in [2.24, 2.45) is 16.6 Å². The Balaban J connectivity index is 5.09. The van der Waals surface area contributed by atoms with Gasteiger partial charge in [0.15, 0.2) is 5.03 Å². The minimum Gasteiger partial charge on any atom is -0.426 e. The minimum atomic E-state index is -1.75. The molecule has 2 amide bonds. The molecule has 0 heterocycles. The normalized spacial score (nSPS) is 14.0. The van der Waals surface area contributed by atoms with Crippen LogP contribution in [-0.2, 0) is 9.59 Å².